The number of aromatic hydroxyl groups is 2. The van der Waals surface area contributed by atoms with Gasteiger partial charge in [-0.05, 0) is 18.2 Å². The first-order valence-electron chi connectivity index (χ1n) is 5.96. The van der Waals surface area contributed by atoms with Crippen LogP contribution in [0.2, 0.25) is 0 Å². The van der Waals surface area contributed by atoms with Crippen molar-refractivity contribution in [2.75, 3.05) is 0 Å². The Morgan fingerprint density at radius 2 is 1.65 bits per heavy atom. The van der Waals surface area contributed by atoms with Crippen LogP contribution in [0.25, 0.3) is 32.9 Å². The third kappa shape index (κ3) is 1.23. The predicted octanol–water partition coefficient (Wildman–Crippen LogP) is 3.10. The summed E-state index contributed by atoms with van der Waals surface area (Å²) in [6.45, 7) is 0. The first kappa shape index (κ1) is 10.9. The molecular formula is C15H8O5. The zero-order chi connectivity index (χ0) is 13.9. The average molecular weight is 268 g/mol. The summed E-state index contributed by atoms with van der Waals surface area (Å²) in [4.78, 5) is 12.1. The highest BCUT2D eigenvalue weighted by Gasteiger charge is 2.19. The van der Waals surface area contributed by atoms with Crippen LogP contribution in [0.1, 0.15) is 0 Å². The number of hydrogen-bond donors (Lipinski definition) is 2. The van der Waals surface area contributed by atoms with E-state index in [0.717, 1.165) is 0 Å². The number of fused-ring (bicyclic) bond motifs is 5. The Kier molecular flexibility index (Phi) is 1.93. The summed E-state index contributed by atoms with van der Waals surface area (Å²) in [5, 5.41) is 20.7. The lowest BCUT2D eigenvalue weighted by molar-refractivity contribution is 0.407. The van der Waals surface area contributed by atoms with Crippen LogP contribution >= 0.6 is 0 Å². The third-order valence-corrected chi connectivity index (χ3v) is 3.35. The molecule has 4 aromatic rings. The van der Waals surface area contributed by atoms with E-state index in [-0.39, 0.29) is 33.4 Å². The maximum Gasteiger partial charge on any atom is 0.348 e. The van der Waals surface area contributed by atoms with Crippen LogP contribution in [0.4, 0.5) is 0 Å². The van der Waals surface area contributed by atoms with Gasteiger partial charge in [-0.1, -0.05) is 18.2 Å². The van der Waals surface area contributed by atoms with Crippen molar-refractivity contribution in [3.8, 4) is 11.5 Å². The van der Waals surface area contributed by atoms with E-state index >= 15 is 0 Å². The maximum atomic E-state index is 12.1. The van der Waals surface area contributed by atoms with Gasteiger partial charge in [0.25, 0.3) is 0 Å². The maximum absolute atomic E-state index is 12.1. The van der Waals surface area contributed by atoms with Gasteiger partial charge in [-0.25, -0.2) is 4.79 Å². The van der Waals surface area contributed by atoms with E-state index in [9.17, 15) is 15.0 Å². The lowest BCUT2D eigenvalue weighted by atomic mass is 10.1. The van der Waals surface area contributed by atoms with Crippen LogP contribution in [-0.2, 0) is 0 Å². The fourth-order valence-corrected chi connectivity index (χ4v) is 2.44. The SMILES string of the molecule is O=c1oc2ccc(O)c(O)c2c2oc3ccccc3c12. The van der Waals surface area contributed by atoms with Gasteiger partial charge in [-0.2, -0.15) is 0 Å². The molecule has 0 unspecified atom stereocenters. The van der Waals surface area contributed by atoms with Crippen molar-refractivity contribution in [3.05, 3.63) is 46.8 Å². The van der Waals surface area contributed by atoms with Crippen molar-refractivity contribution in [2.24, 2.45) is 0 Å². The molecule has 0 aliphatic rings. The second kappa shape index (κ2) is 3.54. The number of benzene rings is 2. The molecule has 98 valence electrons. The summed E-state index contributed by atoms with van der Waals surface area (Å²) in [6, 6.07) is 9.70. The van der Waals surface area contributed by atoms with Crippen LogP contribution in [0.3, 0.4) is 0 Å². The fourth-order valence-electron chi connectivity index (χ4n) is 2.44. The molecule has 4 rings (SSSR count). The summed E-state index contributed by atoms with van der Waals surface area (Å²) >= 11 is 0. The fraction of sp³-hybridized carbons (Fsp3) is 0. The van der Waals surface area contributed by atoms with Crippen molar-refractivity contribution in [1.82, 2.24) is 0 Å². The van der Waals surface area contributed by atoms with Gasteiger partial charge >= 0.3 is 5.63 Å². The van der Waals surface area contributed by atoms with E-state index in [4.69, 9.17) is 8.83 Å². The molecule has 2 heterocycles. The van der Waals surface area contributed by atoms with Crippen molar-refractivity contribution in [3.63, 3.8) is 0 Å². The monoisotopic (exact) mass is 268 g/mol. The number of phenols is 2. The standard InChI is InChI=1S/C15H8O5/c16-8-5-6-10-12(13(8)17)14-11(15(18)20-10)7-3-1-2-4-9(7)19-14/h1-6,16-17H. The van der Waals surface area contributed by atoms with E-state index in [1.807, 2.05) is 0 Å². The Balaban J connectivity index is 2.41. The number of para-hydroxylation sites is 1. The largest absolute Gasteiger partial charge is 0.504 e. The Bertz CT molecular complexity index is 1040. The summed E-state index contributed by atoms with van der Waals surface area (Å²) in [5.41, 5.74) is 0.357. The molecule has 0 fully saturated rings. The normalized spacial score (nSPS) is 11.6. The van der Waals surface area contributed by atoms with Gasteiger partial charge in [0.1, 0.15) is 21.9 Å². The molecule has 0 bridgehead atoms. The summed E-state index contributed by atoms with van der Waals surface area (Å²) in [5.74, 6) is -0.664. The highest BCUT2D eigenvalue weighted by atomic mass is 16.4. The summed E-state index contributed by atoms with van der Waals surface area (Å²) in [6.07, 6.45) is 0. The van der Waals surface area contributed by atoms with Gasteiger partial charge in [0.05, 0.1) is 0 Å². The molecule has 0 aliphatic heterocycles. The number of furan rings is 1. The minimum atomic E-state index is -0.539. The van der Waals surface area contributed by atoms with Crippen LogP contribution in [-0.4, -0.2) is 10.2 Å². The minimum Gasteiger partial charge on any atom is -0.504 e. The second-order valence-electron chi connectivity index (χ2n) is 4.50. The summed E-state index contributed by atoms with van der Waals surface area (Å²) in [7, 11) is 0. The number of rotatable bonds is 0. The second-order valence-corrected chi connectivity index (χ2v) is 4.50. The van der Waals surface area contributed by atoms with Crippen LogP contribution < -0.4 is 5.63 Å². The molecular weight excluding hydrogens is 260 g/mol. The van der Waals surface area contributed by atoms with Crippen molar-refractivity contribution in [2.45, 2.75) is 0 Å². The molecule has 0 atom stereocenters. The van der Waals surface area contributed by atoms with Crippen LogP contribution in [0.5, 0.6) is 11.5 Å². The zero-order valence-electron chi connectivity index (χ0n) is 10.1. The Labute approximate surface area is 111 Å². The smallest absolute Gasteiger partial charge is 0.348 e. The molecule has 20 heavy (non-hydrogen) atoms. The molecule has 0 saturated carbocycles. The molecule has 0 spiro atoms. The average Bonchev–Trinajstić information content (AvgIpc) is 2.82. The van der Waals surface area contributed by atoms with Gasteiger partial charge in [0.15, 0.2) is 17.1 Å². The number of hydrogen-bond acceptors (Lipinski definition) is 5. The molecule has 2 aromatic carbocycles. The molecule has 5 nitrogen and oxygen atoms in total. The predicted molar refractivity (Wildman–Crippen MR) is 73.1 cm³/mol. The first-order chi connectivity index (χ1) is 9.66. The first-order valence-corrected chi connectivity index (χ1v) is 5.96. The molecule has 0 saturated heterocycles. The number of phenolic OH excluding ortho intramolecular Hbond substituents is 2. The quantitative estimate of drug-likeness (QED) is 0.378. The van der Waals surface area contributed by atoms with Gasteiger partial charge < -0.3 is 19.0 Å². The Morgan fingerprint density at radius 1 is 0.850 bits per heavy atom. The minimum absolute atomic E-state index is 0.164. The highest BCUT2D eigenvalue weighted by molar-refractivity contribution is 6.14. The Hall–Kier alpha value is -2.95. The van der Waals surface area contributed by atoms with Crippen LogP contribution in [0.15, 0.2) is 50.0 Å². The molecule has 0 amide bonds. The van der Waals surface area contributed by atoms with Gasteiger partial charge in [-0.3, -0.25) is 0 Å². The van der Waals surface area contributed by atoms with E-state index in [1.54, 1.807) is 24.3 Å². The van der Waals surface area contributed by atoms with Gasteiger partial charge in [-0.15, -0.1) is 0 Å². The third-order valence-electron chi connectivity index (χ3n) is 3.35. The molecule has 5 heteroatoms. The lowest BCUT2D eigenvalue weighted by Crippen LogP contribution is -1.98. The van der Waals surface area contributed by atoms with E-state index < -0.39 is 5.63 Å². The van der Waals surface area contributed by atoms with Crippen molar-refractivity contribution < 1.29 is 19.0 Å². The van der Waals surface area contributed by atoms with Crippen molar-refractivity contribution >= 4 is 32.9 Å². The lowest BCUT2D eigenvalue weighted by Gasteiger charge is -2.02. The summed E-state index contributed by atoms with van der Waals surface area (Å²) < 4.78 is 10.8. The van der Waals surface area contributed by atoms with Gasteiger partial charge in [0.2, 0.25) is 0 Å². The van der Waals surface area contributed by atoms with E-state index in [1.165, 1.54) is 12.1 Å². The van der Waals surface area contributed by atoms with E-state index in [2.05, 4.69) is 0 Å². The Morgan fingerprint density at radius 3 is 2.50 bits per heavy atom. The molecule has 0 radical (unpaired) electrons. The van der Waals surface area contributed by atoms with Crippen LogP contribution in [0, 0.1) is 0 Å². The van der Waals surface area contributed by atoms with E-state index in [0.29, 0.717) is 11.0 Å². The molecule has 2 aromatic heterocycles. The molecule has 2 N–H and O–H groups in total. The molecule has 0 aliphatic carbocycles. The topological polar surface area (TPSA) is 83.8 Å². The zero-order valence-corrected chi connectivity index (χ0v) is 10.1. The van der Waals surface area contributed by atoms with Gasteiger partial charge in [0, 0.05) is 5.39 Å². The highest BCUT2D eigenvalue weighted by Crippen LogP contribution is 2.39. The van der Waals surface area contributed by atoms with Crippen molar-refractivity contribution in [1.29, 1.82) is 0 Å².